The summed E-state index contributed by atoms with van der Waals surface area (Å²) in [5.74, 6) is -1.44. The summed E-state index contributed by atoms with van der Waals surface area (Å²) in [4.78, 5) is 23.3. The van der Waals surface area contributed by atoms with Gasteiger partial charge in [0.25, 0.3) is 0 Å². The van der Waals surface area contributed by atoms with Crippen LogP contribution in [0, 0.1) is 6.92 Å². The number of amides is 2. The fraction of sp³-hybridized carbons (Fsp3) is 0.500. The van der Waals surface area contributed by atoms with E-state index in [1.165, 1.54) is 4.31 Å². The number of hydrogen-bond donors (Lipinski definition) is 2. The lowest BCUT2D eigenvalue weighted by Crippen LogP contribution is -2.46. The summed E-state index contributed by atoms with van der Waals surface area (Å²) in [5, 5.41) is 4.93. The fourth-order valence-corrected chi connectivity index (χ4v) is 4.40. The summed E-state index contributed by atoms with van der Waals surface area (Å²) >= 11 is 0. The second-order valence-corrected chi connectivity index (χ2v) is 7.68. The van der Waals surface area contributed by atoms with E-state index in [9.17, 15) is 18.0 Å². The van der Waals surface area contributed by atoms with Gasteiger partial charge in [-0.3, -0.25) is 9.59 Å². The summed E-state index contributed by atoms with van der Waals surface area (Å²) in [6, 6.07) is 6.36. The van der Waals surface area contributed by atoms with Crippen LogP contribution in [0.4, 0.5) is 0 Å². The van der Waals surface area contributed by atoms with E-state index in [4.69, 9.17) is 0 Å². The minimum atomic E-state index is -3.60. The Morgan fingerprint density at radius 3 is 2.42 bits per heavy atom. The Morgan fingerprint density at radius 1 is 1.17 bits per heavy atom. The quantitative estimate of drug-likeness (QED) is 0.749. The monoisotopic (exact) mass is 353 g/mol. The van der Waals surface area contributed by atoms with Crippen molar-refractivity contribution in [3.8, 4) is 0 Å². The van der Waals surface area contributed by atoms with Crippen LogP contribution in [0.3, 0.4) is 0 Å². The van der Waals surface area contributed by atoms with Crippen LogP contribution in [-0.2, 0) is 19.6 Å². The molecule has 0 spiro atoms. The molecule has 7 nitrogen and oxygen atoms in total. The molecule has 1 heterocycles. The van der Waals surface area contributed by atoms with Crippen molar-refractivity contribution < 1.29 is 18.0 Å². The molecule has 0 aromatic heterocycles. The van der Waals surface area contributed by atoms with Gasteiger partial charge in [-0.1, -0.05) is 17.7 Å². The van der Waals surface area contributed by atoms with E-state index in [2.05, 4.69) is 10.6 Å². The zero-order chi connectivity index (χ0) is 17.7. The lowest BCUT2D eigenvalue weighted by molar-refractivity contribution is -0.139. The minimum Gasteiger partial charge on any atom is -0.348 e. The number of nitrogens with one attached hydrogen (secondary N) is 2. The number of hydrogen-bond acceptors (Lipinski definition) is 4. The molecule has 1 aliphatic heterocycles. The lowest BCUT2D eigenvalue weighted by atomic mass is 10.2. The maximum atomic E-state index is 12.8. The lowest BCUT2D eigenvalue weighted by Gasteiger charge is -2.24. The molecule has 0 radical (unpaired) electrons. The van der Waals surface area contributed by atoms with Gasteiger partial charge in [-0.15, -0.1) is 0 Å². The Labute approximate surface area is 142 Å². The number of sulfonamides is 1. The largest absolute Gasteiger partial charge is 0.348 e. The maximum Gasteiger partial charge on any atom is 0.309 e. The van der Waals surface area contributed by atoms with E-state index in [-0.39, 0.29) is 17.5 Å². The van der Waals surface area contributed by atoms with Gasteiger partial charge in [-0.05, 0) is 38.8 Å². The van der Waals surface area contributed by atoms with Crippen LogP contribution in [0.2, 0.25) is 0 Å². The maximum absolute atomic E-state index is 12.8. The number of likely N-dealkylation sites (N-methyl/N-ethyl adjacent to an activating group) is 1. The molecule has 1 atom stereocenters. The molecule has 0 saturated carbocycles. The molecule has 2 N–H and O–H groups in total. The third-order valence-corrected chi connectivity index (χ3v) is 5.96. The van der Waals surface area contributed by atoms with E-state index in [1.807, 2.05) is 6.92 Å². The number of nitrogens with zero attached hydrogens (tertiary/aromatic N) is 1. The van der Waals surface area contributed by atoms with Gasteiger partial charge in [0.1, 0.15) is 0 Å². The summed E-state index contributed by atoms with van der Waals surface area (Å²) < 4.78 is 27.0. The highest BCUT2D eigenvalue weighted by molar-refractivity contribution is 7.89. The van der Waals surface area contributed by atoms with E-state index in [1.54, 1.807) is 31.2 Å². The number of carbonyl (C=O) groups is 2. The predicted molar refractivity (Wildman–Crippen MR) is 89.8 cm³/mol. The molecule has 1 aromatic rings. The van der Waals surface area contributed by atoms with Crippen molar-refractivity contribution in [1.29, 1.82) is 0 Å². The van der Waals surface area contributed by atoms with Gasteiger partial charge in [-0.2, -0.15) is 4.31 Å². The Balaban J connectivity index is 2.06. The first-order valence-corrected chi connectivity index (χ1v) is 9.44. The van der Waals surface area contributed by atoms with Crippen molar-refractivity contribution in [3.05, 3.63) is 29.8 Å². The molecule has 0 aliphatic carbocycles. The first kappa shape index (κ1) is 18.4. The fourth-order valence-electron chi connectivity index (χ4n) is 2.71. The van der Waals surface area contributed by atoms with Gasteiger partial charge in [0, 0.05) is 25.7 Å². The zero-order valence-electron chi connectivity index (χ0n) is 13.9. The smallest absolute Gasteiger partial charge is 0.309 e. The van der Waals surface area contributed by atoms with Crippen molar-refractivity contribution in [2.45, 2.75) is 37.6 Å². The summed E-state index contributed by atoms with van der Waals surface area (Å²) in [5.41, 5.74) is 0.987. The minimum absolute atomic E-state index is 0.126. The molecule has 1 fully saturated rings. The normalized spacial score (nSPS) is 18.3. The van der Waals surface area contributed by atoms with Crippen molar-refractivity contribution in [2.75, 3.05) is 19.6 Å². The highest BCUT2D eigenvalue weighted by Gasteiger charge is 2.35. The Morgan fingerprint density at radius 2 is 1.79 bits per heavy atom. The molecular formula is C16H23N3O4S. The molecule has 0 unspecified atom stereocenters. The molecule has 1 aliphatic rings. The number of carbonyl (C=O) groups excluding carboxylic acids is 2. The number of rotatable bonds is 5. The van der Waals surface area contributed by atoms with Crippen LogP contribution in [-0.4, -0.2) is 50.2 Å². The molecule has 2 amide bonds. The van der Waals surface area contributed by atoms with Crippen molar-refractivity contribution >= 4 is 21.8 Å². The zero-order valence-corrected chi connectivity index (χ0v) is 14.7. The van der Waals surface area contributed by atoms with E-state index in [0.29, 0.717) is 19.5 Å². The highest BCUT2D eigenvalue weighted by atomic mass is 32.2. The molecule has 132 valence electrons. The van der Waals surface area contributed by atoms with E-state index < -0.39 is 21.8 Å². The predicted octanol–water partition coefficient (Wildman–Crippen LogP) is 0.400. The van der Waals surface area contributed by atoms with Crippen LogP contribution >= 0.6 is 0 Å². The molecule has 24 heavy (non-hydrogen) atoms. The van der Waals surface area contributed by atoms with Crippen LogP contribution in [0.1, 0.15) is 25.3 Å². The Hall–Kier alpha value is -1.93. The molecule has 8 heteroatoms. The average Bonchev–Trinajstić information content (AvgIpc) is 3.02. The summed E-state index contributed by atoms with van der Waals surface area (Å²) in [7, 11) is -3.60. The molecule has 0 bridgehead atoms. The summed E-state index contributed by atoms with van der Waals surface area (Å²) in [6.45, 7) is 4.52. The number of aryl methyl sites for hydroxylation is 1. The van der Waals surface area contributed by atoms with Crippen molar-refractivity contribution in [2.24, 2.45) is 0 Å². The topological polar surface area (TPSA) is 95.6 Å². The van der Waals surface area contributed by atoms with Gasteiger partial charge in [0.2, 0.25) is 10.0 Å². The molecule has 1 aromatic carbocycles. The molecular weight excluding hydrogens is 330 g/mol. The first-order valence-electron chi connectivity index (χ1n) is 8.00. The average molecular weight is 353 g/mol. The van der Waals surface area contributed by atoms with E-state index in [0.717, 1.165) is 12.0 Å². The van der Waals surface area contributed by atoms with Crippen LogP contribution < -0.4 is 10.6 Å². The van der Waals surface area contributed by atoms with Gasteiger partial charge < -0.3 is 10.6 Å². The Bertz CT molecular complexity index is 701. The second-order valence-electron chi connectivity index (χ2n) is 5.79. The SMILES string of the molecule is CCNC(=O)C(=O)NC[C@H]1CCCN1S(=O)(=O)c1ccc(C)cc1. The van der Waals surface area contributed by atoms with Gasteiger partial charge >= 0.3 is 11.8 Å². The third kappa shape index (κ3) is 4.12. The van der Waals surface area contributed by atoms with Crippen LogP contribution in [0.5, 0.6) is 0 Å². The van der Waals surface area contributed by atoms with Crippen molar-refractivity contribution in [1.82, 2.24) is 14.9 Å². The van der Waals surface area contributed by atoms with Crippen molar-refractivity contribution in [3.63, 3.8) is 0 Å². The molecule has 2 rings (SSSR count). The van der Waals surface area contributed by atoms with Crippen LogP contribution in [0.25, 0.3) is 0 Å². The van der Waals surface area contributed by atoms with E-state index >= 15 is 0 Å². The highest BCUT2D eigenvalue weighted by Crippen LogP contribution is 2.25. The van der Waals surface area contributed by atoms with Gasteiger partial charge in [0.05, 0.1) is 4.90 Å². The number of benzene rings is 1. The Kier molecular flexibility index (Phi) is 5.95. The van der Waals surface area contributed by atoms with Crippen LogP contribution in [0.15, 0.2) is 29.2 Å². The second kappa shape index (κ2) is 7.76. The standard InChI is InChI=1S/C16H23N3O4S/c1-3-17-15(20)16(21)18-11-13-5-4-10-19(13)24(22,23)14-8-6-12(2)7-9-14/h6-9,13H,3-5,10-11H2,1-2H3,(H,17,20)(H,18,21)/t13-/m1/s1. The van der Waals surface area contributed by atoms with Gasteiger partial charge in [0.15, 0.2) is 0 Å². The summed E-state index contributed by atoms with van der Waals surface area (Å²) in [6.07, 6.45) is 1.38. The third-order valence-electron chi connectivity index (χ3n) is 3.99. The first-order chi connectivity index (χ1) is 11.4. The van der Waals surface area contributed by atoms with Gasteiger partial charge in [-0.25, -0.2) is 8.42 Å². The molecule has 1 saturated heterocycles.